The van der Waals surface area contributed by atoms with Crippen molar-refractivity contribution in [2.45, 2.75) is 12.8 Å². The number of hydrogen-bond acceptors (Lipinski definition) is 4. The fourth-order valence-corrected chi connectivity index (χ4v) is 3.85. The maximum Gasteiger partial charge on any atom is 0.257 e. The summed E-state index contributed by atoms with van der Waals surface area (Å²) in [5.74, 6) is -0.201. The molecule has 1 aliphatic rings. The average Bonchev–Trinajstić information content (AvgIpc) is 3.05. The number of pyridine rings is 2. The van der Waals surface area contributed by atoms with Gasteiger partial charge >= 0.3 is 0 Å². The molecule has 3 aromatic heterocycles. The highest BCUT2D eigenvalue weighted by atomic mass is 79.9. The Labute approximate surface area is 159 Å². The molecule has 1 aliphatic heterocycles. The molecule has 0 unspecified atom stereocenters. The number of aromatic nitrogens is 3. The Hall–Kier alpha value is -2.67. The van der Waals surface area contributed by atoms with Crippen molar-refractivity contribution in [3.8, 4) is 0 Å². The van der Waals surface area contributed by atoms with E-state index < -0.39 is 0 Å². The number of piperidine rings is 1. The van der Waals surface area contributed by atoms with Crippen LogP contribution < -0.4 is 10.2 Å². The average molecular weight is 412 g/mol. The number of rotatable bonds is 3. The third-order valence-electron chi connectivity index (χ3n) is 4.49. The van der Waals surface area contributed by atoms with Gasteiger partial charge < -0.3 is 15.2 Å². The lowest BCUT2D eigenvalue weighted by Crippen LogP contribution is -2.31. The Kier molecular flexibility index (Phi) is 4.46. The van der Waals surface area contributed by atoms with Crippen molar-refractivity contribution in [1.82, 2.24) is 15.0 Å². The van der Waals surface area contributed by atoms with E-state index >= 15 is 0 Å². The van der Waals surface area contributed by atoms with Crippen molar-refractivity contribution in [2.75, 3.05) is 23.3 Å². The summed E-state index contributed by atoms with van der Waals surface area (Å²) in [7, 11) is 0. The van der Waals surface area contributed by atoms with Gasteiger partial charge in [0.15, 0.2) is 0 Å². The molecule has 0 spiro atoms. The zero-order chi connectivity index (χ0) is 18.1. The van der Waals surface area contributed by atoms with E-state index in [1.807, 2.05) is 0 Å². The van der Waals surface area contributed by atoms with Crippen LogP contribution in [0.4, 0.5) is 11.4 Å². The lowest BCUT2D eigenvalue weighted by Gasteiger charge is -2.31. The molecule has 0 aliphatic carbocycles. The second-order valence-corrected chi connectivity index (χ2v) is 7.21. The highest BCUT2D eigenvalue weighted by Gasteiger charge is 2.22. The van der Waals surface area contributed by atoms with E-state index in [2.05, 4.69) is 47.7 Å². The largest absolute Gasteiger partial charge is 0.366 e. The van der Waals surface area contributed by atoms with Gasteiger partial charge in [-0.2, -0.15) is 0 Å². The fraction of sp³-hybridized carbons (Fsp3) is 0.211. The Balaban J connectivity index is 1.75. The van der Waals surface area contributed by atoms with E-state index in [4.69, 9.17) is 0 Å². The highest BCUT2D eigenvalue weighted by Crippen LogP contribution is 2.39. The van der Waals surface area contributed by atoms with Gasteiger partial charge in [-0.1, -0.05) is 12.2 Å². The highest BCUT2D eigenvalue weighted by molar-refractivity contribution is 9.10. The number of hydrogen-bond donors (Lipinski definition) is 2. The van der Waals surface area contributed by atoms with E-state index in [1.165, 1.54) is 5.57 Å². The smallest absolute Gasteiger partial charge is 0.257 e. The molecule has 6 nitrogen and oxygen atoms in total. The van der Waals surface area contributed by atoms with E-state index in [1.54, 1.807) is 36.9 Å². The number of aromatic amines is 1. The van der Waals surface area contributed by atoms with Crippen molar-refractivity contribution in [3.63, 3.8) is 0 Å². The molecule has 0 aromatic carbocycles. The summed E-state index contributed by atoms with van der Waals surface area (Å²) in [5.41, 5.74) is 4.19. The van der Waals surface area contributed by atoms with Crippen LogP contribution in [0.2, 0.25) is 0 Å². The Bertz CT molecular complexity index is 982. The first-order valence-electron chi connectivity index (χ1n) is 8.42. The minimum Gasteiger partial charge on any atom is -0.366 e. The van der Waals surface area contributed by atoms with Crippen LogP contribution in [0.3, 0.4) is 0 Å². The molecular weight excluding hydrogens is 394 g/mol. The third-order valence-corrected chi connectivity index (χ3v) is 5.07. The number of anilines is 2. The van der Waals surface area contributed by atoms with Crippen LogP contribution in [-0.4, -0.2) is 33.9 Å². The summed E-state index contributed by atoms with van der Waals surface area (Å²) < 4.78 is 0.899. The van der Waals surface area contributed by atoms with Crippen LogP contribution in [0.15, 0.2) is 53.5 Å². The van der Waals surface area contributed by atoms with E-state index in [0.29, 0.717) is 11.3 Å². The summed E-state index contributed by atoms with van der Waals surface area (Å²) in [5, 5.41) is 3.87. The van der Waals surface area contributed by atoms with Gasteiger partial charge in [-0.25, -0.2) is 4.98 Å². The van der Waals surface area contributed by atoms with Crippen molar-refractivity contribution >= 4 is 44.2 Å². The first-order chi connectivity index (χ1) is 12.6. The van der Waals surface area contributed by atoms with Crippen molar-refractivity contribution < 1.29 is 4.79 Å². The van der Waals surface area contributed by atoms with Crippen molar-refractivity contribution in [2.24, 2.45) is 0 Å². The number of fused-ring (bicyclic) bond motifs is 1. The quantitative estimate of drug-likeness (QED) is 0.635. The van der Waals surface area contributed by atoms with Crippen molar-refractivity contribution in [3.05, 3.63) is 59.1 Å². The predicted molar refractivity (Wildman–Crippen MR) is 107 cm³/mol. The third kappa shape index (κ3) is 3.10. The zero-order valence-electron chi connectivity index (χ0n) is 14.1. The summed E-state index contributed by atoms with van der Waals surface area (Å²) in [4.78, 5) is 26.4. The van der Waals surface area contributed by atoms with Gasteiger partial charge in [0, 0.05) is 37.9 Å². The van der Waals surface area contributed by atoms with Gasteiger partial charge in [0.25, 0.3) is 5.91 Å². The zero-order valence-corrected chi connectivity index (χ0v) is 15.7. The molecule has 4 rings (SSSR count). The van der Waals surface area contributed by atoms with Crippen LogP contribution in [0.1, 0.15) is 23.2 Å². The van der Waals surface area contributed by atoms with E-state index in [-0.39, 0.29) is 5.91 Å². The minimum atomic E-state index is -0.201. The Morgan fingerprint density at radius 1 is 1.38 bits per heavy atom. The molecule has 4 heterocycles. The number of nitrogens with one attached hydrogen (secondary N) is 2. The second kappa shape index (κ2) is 6.92. The van der Waals surface area contributed by atoms with Crippen LogP contribution in [0.5, 0.6) is 0 Å². The second-order valence-electron chi connectivity index (χ2n) is 6.35. The molecular formula is C19H18BrN5O. The normalized spacial score (nSPS) is 14.7. The van der Waals surface area contributed by atoms with Gasteiger partial charge in [0.1, 0.15) is 5.65 Å². The van der Waals surface area contributed by atoms with Gasteiger partial charge in [-0.3, -0.25) is 9.78 Å². The first-order valence-corrected chi connectivity index (χ1v) is 9.21. The fourth-order valence-electron chi connectivity index (χ4n) is 3.29. The first kappa shape index (κ1) is 16.8. The van der Waals surface area contributed by atoms with Crippen molar-refractivity contribution in [1.29, 1.82) is 0 Å². The molecule has 1 amide bonds. The number of carbonyl (C=O) groups is 1. The maximum absolute atomic E-state index is 12.6. The molecule has 132 valence electrons. The number of carbonyl (C=O) groups excluding carboxylic acids is 1. The predicted octanol–water partition coefficient (Wildman–Crippen LogP) is 4.13. The Morgan fingerprint density at radius 3 is 3.04 bits per heavy atom. The molecule has 3 aromatic rings. The van der Waals surface area contributed by atoms with Gasteiger partial charge in [0.05, 0.1) is 26.8 Å². The van der Waals surface area contributed by atoms with E-state index in [9.17, 15) is 4.79 Å². The number of H-pyrrole nitrogens is 1. The molecule has 1 saturated heterocycles. The monoisotopic (exact) mass is 411 g/mol. The molecule has 26 heavy (non-hydrogen) atoms. The number of halogens is 1. The van der Waals surface area contributed by atoms with Crippen LogP contribution >= 0.6 is 15.9 Å². The summed E-state index contributed by atoms with van der Waals surface area (Å²) in [6.07, 6.45) is 8.88. The lowest BCUT2D eigenvalue weighted by molar-refractivity contribution is 0.102. The molecule has 1 fully saturated rings. The van der Waals surface area contributed by atoms with Gasteiger partial charge in [0.2, 0.25) is 0 Å². The molecule has 2 N–H and O–H groups in total. The molecule has 0 atom stereocenters. The topological polar surface area (TPSA) is 73.9 Å². The number of nitrogens with zero attached hydrogens (tertiary/aromatic N) is 3. The summed E-state index contributed by atoms with van der Waals surface area (Å²) in [6.45, 7) is 5.89. The molecule has 0 bridgehead atoms. The van der Waals surface area contributed by atoms with Crippen LogP contribution in [-0.2, 0) is 0 Å². The van der Waals surface area contributed by atoms with Crippen LogP contribution in [0.25, 0.3) is 11.0 Å². The number of amides is 1. The molecule has 7 heteroatoms. The summed E-state index contributed by atoms with van der Waals surface area (Å²) >= 11 is 3.63. The van der Waals surface area contributed by atoms with Gasteiger partial charge in [-0.15, -0.1) is 0 Å². The van der Waals surface area contributed by atoms with E-state index in [0.717, 1.165) is 47.1 Å². The van der Waals surface area contributed by atoms with Crippen LogP contribution in [0, 0.1) is 0 Å². The summed E-state index contributed by atoms with van der Waals surface area (Å²) in [6, 6.07) is 3.48. The standard InChI is InChI=1S/C19H18BrN5O/c1-12-4-3-7-25(11-12)17-14(20)9-22-18-16(17)15(10-23-18)24-19(26)13-5-2-6-21-8-13/h2,5-6,8-10H,1,3-4,7,11H2,(H,22,23)(H,24,26). The van der Waals surface area contributed by atoms with Gasteiger partial charge in [-0.05, 0) is 40.9 Å². The Morgan fingerprint density at radius 2 is 2.27 bits per heavy atom. The molecule has 0 radical (unpaired) electrons. The SMILES string of the molecule is C=C1CCCN(c2c(Br)cnc3[nH]cc(NC(=O)c4cccnc4)c23)C1. The molecule has 0 saturated carbocycles. The lowest BCUT2D eigenvalue weighted by atomic mass is 10.1. The minimum absolute atomic E-state index is 0.201. The maximum atomic E-state index is 12.6.